The van der Waals surface area contributed by atoms with Gasteiger partial charge in [-0.1, -0.05) is 13.0 Å². The molecule has 1 amide bonds. The molecule has 4 nitrogen and oxygen atoms in total. The van der Waals surface area contributed by atoms with E-state index in [1.54, 1.807) is 11.8 Å². The molecular formula is C13H23NO3. The van der Waals surface area contributed by atoms with Gasteiger partial charge in [-0.3, -0.25) is 9.59 Å². The Morgan fingerprint density at radius 3 is 2.35 bits per heavy atom. The average molecular weight is 241 g/mol. The molecule has 0 saturated carbocycles. The van der Waals surface area contributed by atoms with Crippen LogP contribution >= 0.6 is 0 Å². The van der Waals surface area contributed by atoms with Crippen molar-refractivity contribution in [1.82, 2.24) is 4.90 Å². The third kappa shape index (κ3) is 6.09. The molecule has 98 valence electrons. The van der Waals surface area contributed by atoms with E-state index in [0.717, 1.165) is 12.0 Å². The summed E-state index contributed by atoms with van der Waals surface area (Å²) in [5, 5.41) is 8.58. The van der Waals surface area contributed by atoms with Gasteiger partial charge >= 0.3 is 5.97 Å². The van der Waals surface area contributed by atoms with Crippen LogP contribution in [0.25, 0.3) is 0 Å². The number of aliphatic carboxylic acids is 1. The smallest absolute Gasteiger partial charge is 0.303 e. The van der Waals surface area contributed by atoms with Gasteiger partial charge < -0.3 is 10.0 Å². The molecule has 0 unspecified atom stereocenters. The first-order valence-electron chi connectivity index (χ1n) is 6.09. The zero-order valence-corrected chi connectivity index (χ0v) is 11.2. The van der Waals surface area contributed by atoms with Crippen LogP contribution in [0.2, 0.25) is 0 Å². The molecular weight excluding hydrogens is 218 g/mol. The summed E-state index contributed by atoms with van der Waals surface area (Å²) in [7, 11) is 0. The SMILES string of the molecule is CC/C=C(\C)C(=O)N(CCCC(=O)O)C(C)C. The van der Waals surface area contributed by atoms with Crippen molar-refractivity contribution in [2.24, 2.45) is 0 Å². The van der Waals surface area contributed by atoms with Crippen LogP contribution in [0.1, 0.15) is 47.0 Å². The summed E-state index contributed by atoms with van der Waals surface area (Å²) in [5.74, 6) is -0.811. The van der Waals surface area contributed by atoms with Crippen molar-refractivity contribution < 1.29 is 14.7 Å². The first kappa shape index (κ1) is 15.7. The van der Waals surface area contributed by atoms with Gasteiger partial charge in [0.1, 0.15) is 0 Å². The third-order valence-electron chi connectivity index (χ3n) is 2.52. The normalized spacial score (nSPS) is 11.7. The van der Waals surface area contributed by atoms with E-state index in [9.17, 15) is 9.59 Å². The maximum atomic E-state index is 12.1. The molecule has 0 aliphatic rings. The van der Waals surface area contributed by atoms with Gasteiger partial charge in [-0.25, -0.2) is 0 Å². The second-order valence-electron chi connectivity index (χ2n) is 4.38. The van der Waals surface area contributed by atoms with Crippen LogP contribution in [-0.4, -0.2) is 34.5 Å². The first-order valence-corrected chi connectivity index (χ1v) is 6.09. The molecule has 4 heteroatoms. The fraction of sp³-hybridized carbons (Fsp3) is 0.692. The molecule has 0 aromatic rings. The molecule has 0 fully saturated rings. The summed E-state index contributed by atoms with van der Waals surface area (Å²) in [5.41, 5.74) is 0.733. The van der Waals surface area contributed by atoms with Gasteiger partial charge in [-0.15, -0.1) is 0 Å². The van der Waals surface area contributed by atoms with Gasteiger partial charge in [0, 0.05) is 24.6 Å². The summed E-state index contributed by atoms with van der Waals surface area (Å²) in [4.78, 5) is 24.2. The number of amides is 1. The van der Waals surface area contributed by atoms with Crippen LogP contribution in [0, 0.1) is 0 Å². The molecule has 0 bridgehead atoms. The lowest BCUT2D eigenvalue weighted by molar-refractivity contribution is -0.138. The standard InChI is InChI=1S/C13H23NO3/c1-5-7-11(4)13(17)14(10(2)3)9-6-8-12(15)16/h7,10H,5-6,8-9H2,1-4H3,(H,15,16)/b11-7+. The Hall–Kier alpha value is -1.32. The lowest BCUT2D eigenvalue weighted by atomic mass is 10.1. The third-order valence-corrected chi connectivity index (χ3v) is 2.52. The highest BCUT2D eigenvalue weighted by Crippen LogP contribution is 2.08. The van der Waals surface area contributed by atoms with Crippen molar-refractivity contribution in [3.8, 4) is 0 Å². The number of allylic oxidation sites excluding steroid dienone is 1. The maximum Gasteiger partial charge on any atom is 0.303 e. The number of rotatable bonds is 7. The number of carboxylic acid groups (broad SMARTS) is 1. The highest BCUT2D eigenvalue weighted by Gasteiger charge is 2.17. The number of carbonyl (C=O) groups excluding carboxylic acids is 1. The Morgan fingerprint density at radius 1 is 1.35 bits per heavy atom. The predicted octanol–water partition coefficient (Wildman–Crippen LogP) is 2.44. The lowest BCUT2D eigenvalue weighted by Gasteiger charge is -2.27. The minimum absolute atomic E-state index is 0.00670. The van der Waals surface area contributed by atoms with Crippen molar-refractivity contribution in [3.05, 3.63) is 11.6 Å². The fourth-order valence-electron chi connectivity index (χ4n) is 1.61. The summed E-state index contributed by atoms with van der Waals surface area (Å²) in [6.45, 7) is 8.17. The monoisotopic (exact) mass is 241 g/mol. The number of hydrogen-bond donors (Lipinski definition) is 1. The Morgan fingerprint density at radius 2 is 1.94 bits per heavy atom. The van der Waals surface area contributed by atoms with Crippen LogP contribution in [0.4, 0.5) is 0 Å². The van der Waals surface area contributed by atoms with Gasteiger partial charge in [0.05, 0.1) is 0 Å². The largest absolute Gasteiger partial charge is 0.481 e. The lowest BCUT2D eigenvalue weighted by Crippen LogP contribution is -2.38. The van der Waals surface area contributed by atoms with Gasteiger partial charge in [0.25, 0.3) is 0 Å². The fourth-order valence-corrected chi connectivity index (χ4v) is 1.61. The molecule has 0 spiro atoms. The quantitative estimate of drug-likeness (QED) is 0.696. The molecule has 0 aliphatic heterocycles. The van der Waals surface area contributed by atoms with E-state index in [1.165, 1.54) is 0 Å². The van der Waals surface area contributed by atoms with Gasteiger partial charge in [-0.2, -0.15) is 0 Å². The first-order chi connectivity index (χ1) is 7.90. The maximum absolute atomic E-state index is 12.1. The Labute approximate surface area is 103 Å². The van der Waals surface area contributed by atoms with E-state index in [0.29, 0.717) is 13.0 Å². The minimum atomic E-state index is -0.818. The summed E-state index contributed by atoms with van der Waals surface area (Å²) in [6.07, 6.45) is 3.33. The zero-order valence-electron chi connectivity index (χ0n) is 11.2. The van der Waals surface area contributed by atoms with Crippen LogP contribution in [0.5, 0.6) is 0 Å². The molecule has 17 heavy (non-hydrogen) atoms. The van der Waals surface area contributed by atoms with Crippen LogP contribution in [0.15, 0.2) is 11.6 Å². The van der Waals surface area contributed by atoms with Crippen LogP contribution < -0.4 is 0 Å². The van der Waals surface area contributed by atoms with E-state index >= 15 is 0 Å². The van der Waals surface area contributed by atoms with Gasteiger partial charge in [0.15, 0.2) is 0 Å². The van der Waals surface area contributed by atoms with Crippen molar-refractivity contribution in [2.45, 2.75) is 53.0 Å². The van der Waals surface area contributed by atoms with Crippen molar-refractivity contribution in [2.75, 3.05) is 6.54 Å². The Bertz CT molecular complexity index is 295. The van der Waals surface area contributed by atoms with Crippen LogP contribution in [-0.2, 0) is 9.59 Å². The number of hydrogen-bond acceptors (Lipinski definition) is 2. The van der Waals surface area contributed by atoms with E-state index < -0.39 is 5.97 Å². The molecule has 0 aromatic carbocycles. The summed E-state index contributed by atoms with van der Waals surface area (Å²) < 4.78 is 0. The number of carboxylic acids is 1. The second kappa shape index (κ2) is 7.87. The van der Waals surface area contributed by atoms with E-state index in [1.807, 2.05) is 26.8 Å². The average Bonchev–Trinajstić information content (AvgIpc) is 2.23. The molecule has 1 N–H and O–H groups in total. The Kier molecular flexibility index (Phi) is 7.26. The predicted molar refractivity (Wildman–Crippen MR) is 67.8 cm³/mol. The molecule has 0 aromatic heterocycles. The summed E-state index contributed by atoms with van der Waals surface area (Å²) >= 11 is 0. The molecule has 0 aliphatic carbocycles. The van der Waals surface area contributed by atoms with Gasteiger partial charge in [0.2, 0.25) is 5.91 Å². The van der Waals surface area contributed by atoms with Crippen molar-refractivity contribution in [1.29, 1.82) is 0 Å². The second-order valence-corrected chi connectivity index (χ2v) is 4.38. The molecule has 0 saturated heterocycles. The minimum Gasteiger partial charge on any atom is -0.481 e. The van der Waals surface area contributed by atoms with Crippen molar-refractivity contribution >= 4 is 11.9 Å². The molecule has 0 heterocycles. The molecule has 0 rings (SSSR count). The van der Waals surface area contributed by atoms with Crippen LogP contribution in [0.3, 0.4) is 0 Å². The number of nitrogens with zero attached hydrogens (tertiary/aromatic N) is 1. The number of carbonyl (C=O) groups is 2. The highest BCUT2D eigenvalue weighted by atomic mass is 16.4. The summed E-state index contributed by atoms with van der Waals surface area (Å²) in [6, 6.07) is 0.0940. The Balaban J connectivity index is 4.47. The highest BCUT2D eigenvalue weighted by molar-refractivity contribution is 5.93. The van der Waals surface area contributed by atoms with E-state index in [4.69, 9.17) is 5.11 Å². The van der Waals surface area contributed by atoms with Crippen molar-refractivity contribution in [3.63, 3.8) is 0 Å². The topological polar surface area (TPSA) is 57.6 Å². The van der Waals surface area contributed by atoms with E-state index in [-0.39, 0.29) is 18.4 Å². The molecule has 0 atom stereocenters. The van der Waals surface area contributed by atoms with E-state index in [2.05, 4.69) is 0 Å². The molecule has 0 radical (unpaired) electrons. The zero-order chi connectivity index (χ0) is 13.4. The van der Waals surface area contributed by atoms with Gasteiger partial charge in [-0.05, 0) is 33.6 Å².